The van der Waals surface area contributed by atoms with E-state index < -0.39 is 0 Å². The molecule has 2 saturated heterocycles. The van der Waals surface area contributed by atoms with Gasteiger partial charge in [0.25, 0.3) is 0 Å². The highest BCUT2D eigenvalue weighted by molar-refractivity contribution is 9.10. The zero-order chi connectivity index (χ0) is 11.2. The normalized spacial score (nSPS) is 38.6. The number of thiazole rings is 1. The quantitative estimate of drug-likeness (QED) is 0.862. The Morgan fingerprint density at radius 2 is 2.56 bits per heavy atom. The van der Waals surface area contributed by atoms with Gasteiger partial charge in [0.1, 0.15) is 15.1 Å². The Bertz CT molecular complexity index is 400. The van der Waals surface area contributed by atoms with Gasteiger partial charge in [0.15, 0.2) is 0 Å². The minimum absolute atomic E-state index is 0.233. The van der Waals surface area contributed by atoms with Crippen LogP contribution in [0.2, 0.25) is 0 Å². The molecule has 0 saturated carbocycles. The molecule has 1 N–H and O–H groups in total. The molecule has 6 heteroatoms. The molecule has 0 aliphatic carbocycles. The van der Waals surface area contributed by atoms with Crippen LogP contribution in [0.5, 0.6) is 0 Å². The van der Waals surface area contributed by atoms with Gasteiger partial charge in [-0.3, -0.25) is 0 Å². The van der Waals surface area contributed by atoms with Crippen LogP contribution >= 0.6 is 27.3 Å². The minimum Gasteiger partial charge on any atom is -0.376 e. The van der Waals surface area contributed by atoms with Crippen LogP contribution in [0.3, 0.4) is 0 Å². The molecule has 2 aliphatic rings. The van der Waals surface area contributed by atoms with Crippen molar-refractivity contribution in [1.29, 1.82) is 0 Å². The summed E-state index contributed by atoms with van der Waals surface area (Å²) in [4.78, 5) is 9.93. The first-order valence-corrected chi connectivity index (χ1v) is 7.00. The van der Waals surface area contributed by atoms with Gasteiger partial charge in [-0.15, -0.1) is 11.3 Å². The zero-order valence-electron chi connectivity index (χ0n) is 8.90. The van der Waals surface area contributed by atoms with E-state index in [0.717, 1.165) is 22.6 Å². The van der Waals surface area contributed by atoms with E-state index in [-0.39, 0.29) is 5.54 Å². The summed E-state index contributed by atoms with van der Waals surface area (Å²) in [6, 6.07) is 0. The fourth-order valence-electron chi connectivity index (χ4n) is 2.39. The summed E-state index contributed by atoms with van der Waals surface area (Å²) in [6.07, 6.45) is 1.33. The van der Waals surface area contributed by atoms with Crippen molar-refractivity contribution in [2.45, 2.75) is 25.0 Å². The number of fused-ring (bicyclic) bond motifs is 1. The maximum atomic E-state index is 5.77. The van der Waals surface area contributed by atoms with Gasteiger partial charge in [-0.1, -0.05) is 0 Å². The lowest BCUT2D eigenvalue weighted by molar-refractivity contribution is -0.0603. The second kappa shape index (κ2) is 4.03. The van der Waals surface area contributed by atoms with Gasteiger partial charge >= 0.3 is 0 Å². The highest BCUT2D eigenvalue weighted by atomic mass is 79.9. The second-order valence-electron chi connectivity index (χ2n) is 4.41. The molecule has 16 heavy (non-hydrogen) atoms. The van der Waals surface area contributed by atoms with Crippen molar-refractivity contribution >= 4 is 27.3 Å². The monoisotopic (exact) mass is 304 g/mol. The van der Waals surface area contributed by atoms with E-state index in [1.807, 2.05) is 5.38 Å². The summed E-state index contributed by atoms with van der Waals surface area (Å²) in [5.74, 6) is 0.453. The van der Waals surface area contributed by atoms with E-state index in [9.17, 15) is 0 Å². The third kappa shape index (κ3) is 1.64. The lowest BCUT2D eigenvalue weighted by Gasteiger charge is -2.38. The van der Waals surface area contributed by atoms with Gasteiger partial charge in [-0.25, -0.2) is 4.98 Å². The molecule has 0 radical (unpaired) electrons. The zero-order valence-corrected chi connectivity index (χ0v) is 11.3. The van der Waals surface area contributed by atoms with E-state index in [1.54, 1.807) is 11.3 Å². The summed E-state index contributed by atoms with van der Waals surface area (Å²) in [5, 5.41) is 3.05. The van der Waals surface area contributed by atoms with Crippen LogP contribution in [-0.4, -0.2) is 24.3 Å². The van der Waals surface area contributed by atoms with Gasteiger partial charge in [0.2, 0.25) is 0 Å². The first kappa shape index (κ1) is 11.1. The average Bonchev–Trinajstić information content (AvgIpc) is 2.84. The molecule has 1 aromatic rings. The van der Waals surface area contributed by atoms with Crippen molar-refractivity contribution in [3.63, 3.8) is 0 Å². The number of nitrogens with one attached hydrogen (secondary N) is 1. The lowest BCUT2D eigenvalue weighted by Crippen LogP contribution is -2.50. The second-order valence-corrected chi connectivity index (χ2v) is 6.08. The smallest absolute Gasteiger partial charge is 0.123 e. The topological polar surface area (TPSA) is 43.4 Å². The van der Waals surface area contributed by atoms with Gasteiger partial charge in [0, 0.05) is 11.3 Å². The highest BCUT2D eigenvalue weighted by Crippen LogP contribution is 2.42. The van der Waals surface area contributed by atoms with Crippen molar-refractivity contribution in [3.8, 4) is 0 Å². The summed E-state index contributed by atoms with van der Waals surface area (Å²) >= 11 is 5.04. The molecule has 1 aromatic heterocycles. The van der Waals surface area contributed by atoms with E-state index >= 15 is 0 Å². The van der Waals surface area contributed by atoms with Crippen LogP contribution in [0.25, 0.3) is 0 Å². The predicted molar refractivity (Wildman–Crippen MR) is 64.1 cm³/mol. The lowest BCUT2D eigenvalue weighted by atomic mass is 9.81. The molecule has 2 aliphatic heterocycles. The molecular weight excluding hydrogens is 292 g/mol. The van der Waals surface area contributed by atoms with E-state index in [2.05, 4.69) is 33.3 Å². The molecule has 0 amide bonds. The maximum Gasteiger partial charge on any atom is 0.123 e. The summed E-state index contributed by atoms with van der Waals surface area (Å²) < 4.78 is 6.65. The van der Waals surface area contributed by atoms with Crippen LogP contribution in [0.4, 0.5) is 0 Å². The first-order valence-electron chi connectivity index (χ1n) is 5.33. The molecule has 2 fully saturated rings. The minimum atomic E-state index is -0.233. The van der Waals surface area contributed by atoms with Crippen molar-refractivity contribution in [2.75, 3.05) is 13.2 Å². The average molecular weight is 305 g/mol. The highest BCUT2D eigenvalue weighted by Gasteiger charge is 2.51. The summed E-state index contributed by atoms with van der Waals surface area (Å²) in [7, 11) is 0. The molecule has 4 nitrogen and oxygen atoms in total. The van der Waals surface area contributed by atoms with Gasteiger partial charge < -0.3 is 9.57 Å². The molecule has 3 heterocycles. The standard InChI is InChI=1S/C10H13BrN2O2S/c1-6-2-7-3-15-13-10(7,5-14-6)9-12-8(11)4-16-9/h4,6-7,13H,2-3,5H2,1H3/t6-,7-,10-/m0/s1. The fourth-order valence-corrected chi connectivity index (χ4v) is 3.86. The molecule has 0 spiro atoms. The fraction of sp³-hybridized carbons (Fsp3) is 0.700. The van der Waals surface area contributed by atoms with Crippen LogP contribution < -0.4 is 5.48 Å². The molecule has 3 atom stereocenters. The van der Waals surface area contributed by atoms with E-state index in [0.29, 0.717) is 18.6 Å². The van der Waals surface area contributed by atoms with Crippen molar-refractivity contribution in [3.05, 3.63) is 15.0 Å². The molecule has 0 unspecified atom stereocenters. The Hall–Kier alpha value is -0.0100. The molecule has 88 valence electrons. The number of hydroxylamine groups is 1. The Balaban J connectivity index is 1.96. The number of nitrogens with zero attached hydrogens (tertiary/aromatic N) is 1. The number of hydrogen-bond donors (Lipinski definition) is 1. The number of rotatable bonds is 1. The van der Waals surface area contributed by atoms with Crippen molar-refractivity contribution in [1.82, 2.24) is 10.5 Å². The number of ether oxygens (including phenoxy) is 1. The Kier molecular flexibility index (Phi) is 2.79. The first-order chi connectivity index (χ1) is 7.71. The van der Waals surface area contributed by atoms with Crippen LogP contribution in [0.1, 0.15) is 18.4 Å². The third-order valence-corrected chi connectivity index (χ3v) is 5.03. The summed E-state index contributed by atoms with van der Waals surface area (Å²) in [5.41, 5.74) is 2.89. The van der Waals surface area contributed by atoms with Gasteiger partial charge in [-0.2, -0.15) is 5.48 Å². The SMILES string of the molecule is C[C@H]1C[C@H]2CON[C@@]2(c2nc(Br)cs2)CO1. The Morgan fingerprint density at radius 1 is 1.69 bits per heavy atom. The van der Waals surface area contributed by atoms with E-state index in [1.165, 1.54) is 0 Å². The molecule has 0 aromatic carbocycles. The van der Waals surface area contributed by atoms with E-state index in [4.69, 9.17) is 9.57 Å². The maximum absolute atomic E-state index is 5.77. The van der Waals surface area contributed by atoms with Crippen molar-refractivity contribution < 1.29 is 9.57 Å². The van der Waals surface area contributed by atoms with Crippen molar-refractivity contribution in [2.24, 2.45) is 5.92 Å². The number of hydrogen-bond acceptors (Lipinski definition) is 5. The summed E-state index contributed by atoms with van der Waals surface area (Å²) in [6.45, 7) is 3.49. The Labute approximate surface area is 106 Å². The largest absolute Gasteiger partial charge is 0.376 e. The van der Waals surface area contributed by atoms with Crippen LogP contribution in [0.15, 0.2) is 9.98 Å². The molecule has 3 rings (SSSR count). The van der Waals surface area contributed by atoms with Gasteiger partial charge in [-0.05, 0) is 29.3 Å². The Morgan fingerprint density at radius 3 is 3.31 bits per heavy atom. The number of halogens is 1. The number of aromatic nitrogens is 1. The third-order valence-electron chi connectivity index (χ3n) is 3.31. The van der Waals surface area contributed by atoms with Crippen LogP contribution in [-0.2, 0) is 15.1 Å². The molecular formula is C10H13BrN2O2S. The predicted octanol–water partition coefficient (Wildman–Crippen LogP) is 2.06. The van der Waals surface area contributed by atoms with Gasteiger partial charge in [0.05, 0.1) is 19.3 Å². The molecule has 0 bridgehead atoms. The van der Waals surface area contributed by atoms with Crippen LogP contribution in [0, 0.1) is 5.92 Å².